The summed E-state index contributed by atoms with van der Waals surface area (Å²) in [5.41, 5.74) is 5.96. The van der Waals surface area contributed by atoms with Gasteiger partial charge in [0.1, 0.15) is 0 Å². The zero-order valence-corrected chi connectivity index (χ0v) is 11.1. The first kappa shape index (κ1) is 12.9. The summed E-state index contributed by atoms with van der Waals surface area (Å²) in [6.45, 7) is 5.55. The van der Waals surface area contributed by atoms with Crippen molar-refractivity contribution in [1.29, 1.82) is 0 Å². The van der Waals surface area contributed by atoms with Gasteiger partial charge in [0.05, 0.1) is 6.61 Å². The summed E-state index contributed by atoms with van der Waals surface area (Å²) >= 11 is 0. The van der Waals surface area contributed by atoms with Gasteiger partial charge in [-0.15, -0.1) is 0 Å². The topological polar surface area (TPSA) is 86.0 Å². The Bertz CT molecular complexity index is 403. The van der Waals surface area contributed by atoms with Gasteiger partial charge in [-0.25, -0.2) is 0 Å². The summed E-state index contributed by atoms with van der Waals surface area (Å²) in [7, 11) is 0. The molecule has 0 saturated heterocycles. The van der Waals surface area contributed by atoms with Gasteiger partial charge in [-0.3, -0.25) is 0 Å². The van der Waals surface area contributed by atoms with Crippen LogP contribution in [0.15, 0.2) is 0 Å². The van der Waals surface area contributed by atoms with Crippen LogP contribution in [0, 0.1) is 5.41 Å². The molecule has 0 unspecified atom stereocenters. The molecule has 3 N–H and O–H groups in total. The zero-order chi connectivity index (χ0) is 13.0. The average Bonchev–Trinajstić information content (AvgIpc) is 2.74. The van der Waals surface area contributed by atoms with Crippen LogP contribution >= 0.6 is 0 Å². The zero-order valence-electron chi connectivity index (χ0n) is 11.1. The smallest absolute Gasteiger partial charge is 0.323 e. The Kier molecular flexibility index (Phi) is 3.84. The predicted molar refractivity (Wildman–Crippen MR) is 70.5 cm³/mol. The summed E-state index contributed by atoms with van der Waals surface area (Å²) in [4.78, 5) is 12.2. The van der Waals surface area contributed by atoms with Crippen molar-refractivity contribution in [2.75, 3.05) is 24.2 Å². The van der Waals surface area contributed by atoms with E-state index in [2.05, 4.69) is 27.2 Å². The number of anilines is 2. The molecule has 1 aliphatic carbocycles. The number of nitrogens with zero attached hydrogens (tertiary/aromatic N) is 3. The molecule has 1 fully saturated rings. The lowest BCUT2D eigenvalue weighted by molar-refractivity contribution is 0.312. The number of ether oxygens (including phenoxy) is 1. The second-order valence-corrected chi connectivity index (χ2v) is 5.10. The van der Waals surface area contributed by atoms with Gasteiger partial charge in [0.2, 0.25) is 11.9 Å². The van der Waals surface area contributed by atoms with Gasteiger partial charge >= 0.3 is 6.01 Å². The van der Waals surface area contributed by atoms with Crippen LogP contribution < -0.4 is 15.8 Å². The molecule has 0 aromatic carbocycles. The van der Waals surface area contributed by atoms with Crippen LogP contribution in [-0.2, 0) is 0 Å². The van der Waals surface area contributed by atoms with E-state index in [1.54, 1.807) is 0 Å². The van der Waals surface area contributed by atoms with Crippen LogP contribution in [0.4, 0.5) is 11.9 Å². The molecule has 0 aliphatic heterocycles. The van der Waals surface area contributed by atoms with Gasteiger partial charge in [0.25, 0.3) is 0 Å². The van der Waals surface area contributed by atoms with E-state index in [4.69, 9.17) is 10.5 Å². The number of rotatable bonds is 5. The van der Waals surface area contributed by atoms with Crippen LogP contribution in [0.1, 0.15) is 39.5 Å². The molecule has 0 amide bonds. The molecule has 0 bridgehead atoms. The minimum Gasteiger partial charge on any atom is -0.464 e. The number of hydrogen-bond donors (Lipinski definition) is 2. The number of hydrogen-bond acceptors (Lipinski definition) is 6. The Morgan fingerprint density at radius 3 is 2.67 bits per heavy atom. The van der Waals surface area contributed by atoms with Gasteiger partial charge in [-0.1, -0.05) is 19.8 Å². The molecule has 1 aromatic heterocycles. The predicted octanol–water partition coefficient (Wildman–Crippen LogP) is 1.84. The maximum atomic E-state index is 5.62. The van der Waals surface area contributed by atoms with Gasteiger partial charge in [0, 0.05) is 6.54 Å². The third kappa shape index (κ3) is 3.21. The van der Waals surface area contributed by atoms with E-state index < -0.39 is 0 Å². The minimum absolute atomic E-state index is 0.188. The first-order chi connectivity index (χ1) is 8.61. The summed E-state index contributed by atoms with van der Waals surface area (Å²) in [5, 5.41) is 3.24. The molecule has 0 radical (unpaired) electrons. The molecule has 6 nitrogen and oxygen atoms in total. The van der Waals surface area contributed by atoms with Crippen molar-refractivity contribution in [2.45, 2.75) is 39.5 Å². The van der Waals surface area contributed by atoms with E-state index in [0.717, 1.165) is 6.54 Å². The van der Waals surface area contributed by atoms with Crippen molar-refractivity contribution >= 4 is 11.9 Å². The highest BCUT2D eigenvalue weighted by molar-refractivity contribution is 5.32. The quantitative estimate of drug-likeness (QED) is 0.830. The molecule has 0 spiro atoms. The molecule has 0 atom stereocenters. The van der Waals surface area contributed by atoms with Crippen molar-refractivity contribution in [1.82, 2.24) is 15.0 Å². The van der Waals surface area contributed by atoms with E-state index in [1.807, 2.05) is 6.92 Å². The molecule has 1 heterocycles. The average molecular weight is 251 g/mol. The highest BCUT2D eigenvalue weighted by atomic mass is 16.5. The van der Waals surface area contributed by atoms with Crippen LogP contribution in [0.2, 0.25) is 0 Å². The Morgan fingerprint density at radius 1 is 1.28 bits per heavy atom. The summed E-state index contributed by atoms with van der Waals surface area (Å²) in [6.07, 6.45) is 5.11. The monoisotopic (exact) mass is 251 g/mol. The van der Waals surface area contributed by atoms with Crippen LogP contribution in [-0.4, -0.2) is 28.1 Å². The SMILES string of the molecule is CCOc1nc(N)nc(NCC2(C)CCCC2)n1. The molecular formula is C12H21N5O. The minimum atomic E-state index is 0.188. The molecule has 1 aromatic rings. The van der Waals surface area contributed by atoms with Gasteiger partial charge in [-0.2, -0.15) is 15.0 Å². The standard InChI is InChI=1S/C12H21N5O/c1-3-18-11-16-9(13)15-10(17-11)14-8-12(2)6-4-5-7-12/h3-8H2,1-2H3,(H3,13,14,15,16,17). The molecule has 2 rings (SSSR count). The second-order valence-electron chi connectivity index (χ2n) is 5.10. The highest BCUT2D eigenvalue weighted by Crippen LogP contribution is 2.37. The number of nitrogens with two attached hydrogens (primary N) is 1. The molecule has 1 aliphatic rings. The van der Waals surface area contributed by atoms with Crippen LogP contribution in [0.5, 0.6) is 6.01 Å². The summed E-state index contributed by atoms with van der Waals surface area (Å²) in [6, 6.07) is 0.282. The van der Waals surface area contributed by atoms with Gasteiger partial charge in [0.15, 0.2) is 0 Å². The largest absolute Gasteiger partial charge is 0.464 e. The Balaban J connectivity index is 2.00. The van der Waals surface area contributed by atoms with Crippen LogP contribution in [0.3, 0.4) is 0 Å². The highest BCUT2D eigenvalue weighted by Gasteiger charge is 2.28. The normalized spacial score (nSPS) is 17.7. The maximum Gasteiger partial charge on any atom is 0.323 e. The maximum absolute atomic E-state index is 5.62. The van der Waals surface area contributed by atoms with E-state index in [-0.39, 0.29) is 12.0 Å². The van der Waals surface area contributed by atoms with Crippen molar-refractivity contribution in [3.63, 3.8) is 0 Å². The first-order valence-electron chi connectivity index (χ1n) is 6.49. The fraction of sp³-hybridized carbons (Fsp3) is 0.750. The Hall–Kier alpha value is -1.59. The third-order valence-corrected chi connectivity index (χ3v) is 3.39. The van der Waals surface area contributed by atoms with Crippen LogP contribution in [0.25, 0.3) is 0 Å². The van der Waals surface area contributed by atoms with Crippen molar-refractivity contribution in [3.05, 3.63) is 0 Å². The number of aromatic nitrogens is 3. The van der Waals surface area contributed by atoms with E-state index in [9.17, 15) is 0 Å². The van der Waals surface area contributed by atoms with Crippen molar-refractivity contribution in [3.8, 4) is 6.01 Å². The van der Waals surface area contributed by atoms with E-state index in [1.165, 1.54) is 25.7 Å². The molecule has 18 heavy (non-hydrogen) atoms. The lowest BCUT2D eigenvalue weighted by Crippen LogP contribution is -2.24. The van der Waals surface area contributed by atoms with Gasteiger partial charge in [-0.05, 0) is 25.2 Å². The first-order valence-corrected chi connectivity index (χ1v) is 6.49. The molecule has 1 saturated carbocycles. The van der Waals surface area contributed by atoms with E-state index in [0.29, 0.717) is 18.0 Å². The molecular weight excluding hydrogens is 230 g/mol. The summed E-state index contributed by atoms with van der Waals surface area (Å²) < 4.78 is 5.24. The third-order valence-electron chi connectivity index (χ3n) is 3.39. The Labute approximate surface area is 107 Å². The molecule has 100 valence electrons. The second kappa shape index (κ2) is 5.37. The van der Waals surface area contributed by atoms with Crippen molar-refractivity contribution in [2.24, 2.45) is 5.41 Å². The van der Waals surface area contributed by atoms with E-state index >= 15 is 0 Å². The fourth-order valence-corrected chi connectivity index (χ4v) is 2.34. The molecule has 6 heteroatoms. The Morgan fingerprint density at radius 2 is 2.00 bits per heavy atom. The fourth-order valence-electron chi connectivity index (χ4n) is 2.34. The lowest BCUT2D eigenvalue weighted by Gasteiger charge is -2.23. The lowest BCUT2D eigenvalue weighted by atomic mass is 9.89. The number of nitrogens with one attached hydrogen (secondary N) is 1. The summed E-state index contributed by atoms with van der Waals surface area (Å²) in [5.74, 6) is 0.687. The number of nitrogen functional groups attached to an aromatic ring is 1. The van der Waals surface area contributed by atoms with Gasteiger partial charge < -0.3 is 15.8 Å². The van der Waals surface area contributed by atoms with Crippen molar-refractivity contribution < 1.29 is 4.74 Å².